The average molecular weight is 682 g/mol. The predicted octanol–water partition coefficient (Wildman–Crippen LogP) is 4.51. The van der Waals surface area contributed by atoms with Crippen molar-refractivity contribution in [3.05, 3.63) is 96.9 Å². The fraction of sp³-hybridized carbons (Fsp3) is 0.382. The summed E-state index contributed by atoms with van der Waals surface area (Å²) in [7, 11) is 2.58. The number of piperidine rings is 1. The Bertz CT molecular complexity index is 2010. The number of hydrogen-bond donors (Lipinski definition) is 1. The molecular formula is C34H37ClFN5O7. The smallest absolute Gasteiger partial charge is 0.407 e. The first-order chi connectivity index (χ1) is 22.7. The number of hydrogen-bond acceptors (Lipinski definition) is 8. The largest absolute Gasteiger partial charge is 0.465 e. The summed E-state index contributed by atoms with van der Waals surface area (Å²) in [6.45, 7) is 5.12. The number of nitrogens with one attached hydrogen (secondary N) is 1. The first-order valence-corrected chi connectivity index (χ1v) is 15.8. The van der Waals surface area contributed by atoms with Crippen LogP contribution in [-0.2, 0) is 29.6 Å². The molecule has 14 heteroatoms. The molecule has 254 valence electrons. The maximum absolute atomic E-state index is 14.5. The third-order valence-corrected chi connectivity index (χ3v) is 8.45. The van der Waals surface area contributed by atoms with E-state index in [1.165, 1.54) is 36.9 Å². The summed E-state index contributed by atoms with van der Waals surface area (Å²) in [6.07, 6.45) is 0.576. The first kappa shape index (κ1) is 34.4. The van der Waals surface area contributed by atoms with Crippen molar-refractivity contribution in [1.29, 1.82) is 0 Å². The Kier molecular flexibility index (Phi) is 9.81. The van der Waals surface area contributed by atoms with Crippen molar-refractivity contribution in [2.24, 2.45) is 7.05 Å². The number of ether oxygens (including phenoxy) is 2. The predicted molar refractivity (Wildman–Crippen MR) is 179 cm³/mol. The minimum Gasteiger partial charge on any atom is -0.465 e. The van der Waals surface area contributed by atoms with Gasteiger partial charge in [-0.1, -0.05) is 41.9 Å². The Morgan fingerprint density at radius 2 is 1.75 bits per heavy atom. The van der Waals surface area contributed by atoms with Crippen LogP contribution in [0.5, 0.6) is 0 Å². The molecule has 5 rings (SSSR count). The van der Waals surface area contributed by atoms with Gasteiger partial charge in [-0.3, -0.25) is 18.7 Å². The van der Waals surface area contributed by atoms with E-state index in [1.54, 1.807) is 51.1 Å². The molecule has 2 aromatic carbocycles. The standard InChI is InChI=1S/C34H37ClFN5O7/c1-34(2,3)48-32(45)37-23-12-9-15-39(18-23)29-26(31(44)47-5)27-28(40(29)17-21-16-22(36)13-14-24(21)35)30(43)41(33(46)38(27)4)19-25(42)20-10-7-6-8-11-20/h6-8,10-11,13-14,16,23H,9,12,15,17-19H2,1-5H3,(H,37,45)/t23-/m1/s1. The summed E-state index contributed by atoms with van der Waals surface area (Å²) in [5, 5.41) is 3.08. The van der Waals surface area contributed by atoms with E-state index in [2.05, 4.69) is 5.32 Å². The van der Waals surface area contributed by atoms with Crippen LogP contribution in [0.2, 0.25) is 5.02 Å². The highest BCUT2D eigenvalue weighted by molar-refractivity contribution is 6.31. The number of carbonyl (C=O) groups excluding carboxylic acids is 3. The molecule has 2 aromatic heterocycles. The SMILES string of the molecule is COC(=O)c1c(N2CCC[C@@H](NC(=O)OC(C)(C)C)C2)n(Cc2cc(F)ccc2Cl)c2c(=O)n(CC(=O)c3ccccc3)c(=O)n(C)c12. The van der Waals surface area contributed by atoms with Crippen molar-refractivity contribution >= 4 is 46.3 Å². The van der Waals surface area contributed by atoms with Crippen LogP contribution in [0, 0.1) is 5.82 Å². The van der Waals surface area contributed by atoms with Crippen LogP contribution in [0.1, 0.15) is 59.9 Å². The van der Waals surface area contributed by atoms with Crippen LogP contribution < -0.4 is 21.5 Å². The van der Waals surface area contributed by atoms with E-state index in [0.29, 0.717) is 30.5 Å². The Balaban J connectivity index is 1.74. The molecule has 12 nitrogen and oxygen atoms in total. The minimum atomic E-state index is -0.832. The molecule has 0 bridgehead atoms. The molecule has 1 atom stereocenters. The van der Waals surface area contributed by atoms with Gasteiger partial charge in [-0.15, -0.1) is 0 Å². The lowest BCUT2D eigenvalue weighted by Gasteiger charge is -2.36. The van der Waals surface area contributed by atoms with E-state index >= 15 is 0 Å². The van der Waals surface area contributed by atoms with Gasteiger partial charge in [0.25, 0.3) is 5.56 Å². The molecular weight excluding hydrogens is 645 g/mol. The van der Waals surface area contributed by atoms with Crippen LogP contribution in [-0.4, -0.2) is 63.4 Å². The van der Waals surface area contributed by atoms with Crippen molar-refractivity contribution in [1.82, 2.24) is 19.0 Å². The number of amides is 1. The number of carbonyl (C=O) groups is 3. The fourth-order valence-corrected chi connectivity index (χ4v) is 6.17. The number of esters is 1. The highest BCUT2D eigenvalue weighted by Gasteiger charge is 2.35. The van der Waals surface area contributed by atoms with E-state index in [4.69, 9.17) is 21.1 Å². The molecule has 4 aromatic rings. The van der Waals surface area contributed by atoms with Crippen molar-refractivity contribution in [3.63, 3.8) is 0 Å². The zero-order valence-electron chi connectivity index (χ0n) is 27.3. The van der Waals surface area contributed by atoms with Gasteiger partial charge in [0.2, 0.25) is 0 Å². The van der Waals surface area contributed by atoms with E-state index in [9.17, 15) is 28.4 Å². The molecule has 1 aliphatic rings. The van der Waals surface area contributed by atoms with Crippen LogP contribution in [0.3, 0.4) is 0 Å². The van der Waals surface area contributed by atoms with Crippen molar-refractivity contribution in [2.75, 3.05) is 25.1 Å². The lowest BCUT2D eigenvalue weighted by molar-refractivity contribution is 0.0498. The van der Waals surface area contributed by atoms with Crippen molar-refractivity contribution in [3.8, 4) is 0 Å². The number of aromatic nitrogens is 3. The van der Waals surface area contributed by atoms with E-state index in [-0.39, 0.29) is 40.5 Å². The number of nitrogens with zero attached hydrogens (tertiary/aromatic N) is 4. The van der Waals surface area contributed by atoms with Gasteiger partial charge >= 0.3 is 17.8 Å². The third kappa shape index (κ3) is 7.01. The molecule has 1 fully saturated rings. The van der Waals surface area contributed by atoms with Gasteiger partial charge in [-0.05, 0) is 57.4 Å². The Hall–Kier alpha value is -4.91. The fourth-order valence-electron chi connectivity index (χ4n) is 6.00. The zero-order valence-corrected chi connectivity index (χ0v) is 28.1. The molecule has 1 saturated heterocycles. The van der Waals surface area contributed by atoms with Gasteiger partial charge in [0, 0.05) is 36.8 Å². The molecule has 1 N–H and O–H groups in total. The highest BCUT2D eigenvalue weighted by Crippen LogP contribution is 2.35. The van der Waals surface area contributed by atoms with Gasteiger partial charge in [-0.25, -0.2) is 18.8 Å². The number of halogens is 2. The lowest BCUT2D eigenvalue weighted by atomic mass is 10.1. The van der Waals surface area contributed by atoms with E-state index < -0.39 is 53.1 Å². The molecule has 0 saturated carbocycles. The van der Waals surface area contributed by atoms with Crippen LogP contribution >= 0.6 is 11.6 Å². The number of ketones is 1. The maximum Gasteiger partial charge on any atom is 0.407 e. The third-order valence-electron chi connectivity index (χ3n) is 8.08. The Morgan fingerprint density at radius 3 is 2.42 bits per heavy atom. The van der Waals surface area contributed by atoms with Crippen LogP contribution in [0.4, 0.5) is 15.0 Å². The van der Waals surface area contributed by atoms with Gasteiger partial charge in [0.1, 0.15) is 28.3 Å². The molecule has 0 spiro atoms. The van der Waals surface area contributed by atoms with Crippen molar-refractivity contribution < 1.29 is 28.2 Å². The van der Waals surface area contributed by atoms with Crippen molar-refractivity contribution in [2.45, 2.75) is 58.3 Å². The van der Waals surface area contributed by atoms with E-state index in [1.807, 2.05) is 4.90 Å². The number of aryl methyl sites for hydroxylation is 1. The molecule has 3 heterocycles. The number of Topliss-reactive ketones (excluding diaryl/α,β-unsaturated/α-hetero) is 1. The lowest BCUT2D eigenvalue weighted by Crippen LogP contribution is -2.49. The minimum absolute atomic E-state index is 0.0231. The summed E-state index contributed by atoms with van der Waals surface area (Å²) < 4.78 is 28.6. The maximum atomic E-state index is 14.5. The summed E-state index contributed by atoms with van der Waals surface area (Å²) in [4.78, 5) is 69.4. The number of fused-ring (bicyclic) bond motifs is 1. The quantitative estimate of drug-likeness (QED) is 0.212. The molecule has 1 aliphatic heterocycles. The van der Waals surface area contributed by atoms with Crippen LogP contribution in [0.15, 0.2) is 58.1 Å². The van der Waals surface area contributed by atoms with Gasteiger partial charge in [0.15, 0.2) is 5.78 Å². The highest BCUT2D eigenvalue weighted by atomic mass is 35.5. The van der Waals surface area contributed by atoms with E-state index in [0.717, 1.165) is 9.13 Å². The molecule has 1 amide bonds. The normalized spacial score (nSPS) is 15.0. The second-order valence-electron chi connectivity index (χ2n) is 12.7. The van der Waals surface area contributed by atoms with Gasteiger partial charge in [-0.2, -0.15) is 0 Å². The molecule has 0 radical (unpaired) electrons. The monoisotopic (exact) mass is 681 g/mol. The van der Waals surface area contributed by atoms with Gasteiger partial charge < -0.3 is 24.3 Å². The number of rotatable bonds is 8. The Labute approximate surface area is 280 Å². The Morgan fingerprint density at radius 1 is 1.04 bits per heavy atom. The molecule has 0 unspecified atom stereocenters. The first-order valence-electron chi connectivity index (χ1n) is 15.4. The van der Waals surface area contributed by atoms with Gasteiger partial charge in [0.05, 0.1) is 25.7 Å². The average Bonchev–Trinajstić information content (AvgIpc) is 3.37. The topological polar surface area (TPSA) is 134 Å². The number of alkyl carbamates (subject to hydrolysis) is 1. The zero-order chi connectivity index (χ0) is 34.9. The van der Waals surface area contributed by atoms with Crippen LogP contribution in [0.25, 0.3) is 11.0 Å². The number of anilines is 1. The summed E-state index contributed by atoms with van der Waals surface area (Å²) in [5.41, 5.74) is -1.95. The summed E-state index contributed by atoms with van der Waals surface area (Å²) >= 11 is 6.50. The second-order valence-corrected chi connectivity index (χ2v) is 13.1. The number of benzene rings is 2. The second kappa shape index (κ2) is 13.7. The molecule has 0 aliphatic carbocycles. The summed E-state index contributed by atoms with van der Waals surface area (Å²) in [6, 6.07) is 11.6. The summed E-state index contributed by atoms with van der Waals surface area (Å²) in [5.74, 6) is -1.65. The number of methoxy groups -OCH3 is 1. The molecule has 48 heavy (non-hydrogen) atoms.